The van der Waals surface area contributed by atoms with Gasteiger partial charge in [0.1, 0.15) is 12.2 Å². The fourth-order valence-corrected chi connectivity index (χ4v) is 6.45. The van der Waals surface area contributed by atoms with Gasteiger partial charge in [0, 0.05) is 56.2 Å². The normalized spacial score (nSPS) is 22.1. The van der Waals surface area contributed by atoms with Crippen molar-refractivity contribution in [1.82, 2.24) is 19.7 Å². The maximum absolute atomic E-state index is 14.3. The molecule has 1 saturated carbocycles. The number of halogens is 5. The molecule has 6 rings (SSSR count). The van der Waals surface area contributed by atoms with Gasteiger partial charge in [-0.1, -0.05) is 25.5 Å². The molecule has 6 nitrogen and oxygen atoms in total. The number of nitrogens with zero attached hydrogens (tertiary/aromatic N) is 5. The van der Waals surface area contributed by atoms with Gasteiger partial charge in [-0.25, -0.2) is 8.78 Å². The number of aromatic nitrogens is 3. The number of alkyl halides is 5. The minimum absolute atomic E-state index is 0.0134. The third-order valence-electron chi connectivity index (χ3n) is 9.01. The summed E-state index contributed by atoms with van der Waals surface area (Å²) in [4.78, 5) is 16.8. The van der Waals surface area contributed by atoms with Crippen LogP contribution in [-0.4, -0.2) is 44.6 Å². The first-order valence-corrected chi connectivity index (χ1v) is 14.0. The van der Waals surface area contributed by atoms with Crippen molar-refractivity contribution in [2.75, 3.05) is 18.0 Å². The Bertz CT molecular complexity index is 1460. The number of carbonyl (C=O) groups excluding carboxylic acids is 1. The number of hydrogen-bond donors (Lipinski definition) is 0. The average Bonchev–Trinajstić information content (AvgIpc) is 3.45. The number of carbonyl (C=O) groups is 1. The van der Waals surface area contributed by atoms with Crippen molar-refractivity contribution in [2.24, 2.45) is 18.9 Å². The lowest BCUT2D eigenvalue weighted by Gasteiger charge is -2.36. The van der Waals surface area contributed by atoms with E-state index in [1.807, 2.05) is 29.8 Å². The van der Waals surface area contributed by atoms with E-state index in [1.54, 1.807) is 17.3 Å². The van der Waals surface area contributed by atoms with Gasteiger partial charge in [-0.15, -0.1) is 10.2 Å². The minimum atomic E-state index is -4.67. The number of amides is 1. The molecule has 1 saturated heterocycles. The van der Waals surface area contributed by atoms with Gasteiger partial charge in [0.15, 0.2) is 0 Å². The molecule has 0 spiro atoms. The maximum atomic E-state index is 14.3. The van der Waals surface area contributed by atoms with Crippen LogP contribution < -0.4 is 4.90 Å². The number of benzene rings is 2. The number of anilines is 1. The van der Waals surface area contributed by atoms with Crippen LogP contribution in [0.2, 0.25) is 0 Å². The maximum Gasteiger partial charge on any atom is 0.416 e. The van der Waals surface area contributed by atoms with E-state index in [1.165, 1.54) is 17.9 Å². The third kappa shape index (κ3) is 5.13. The average molecular weight is 574 g/mol. The van der Waals surface area contributed by atoms with Crippen LogP contribution >= 0.6 is 0 Å². The van der Waals surface area contributed by atoms with Crippen LogP contribution in [0.4, 0.5) is 27.6 Å². The molecule has 3 heterocycles. The van der Waals surface area contributed by atoms with E-state index in [0.717, 1.165) is 36.7 Å². The van der Waals surface area contributed by atoms with E-state index in [4.69, 9.17) is 0 Å². The van der Waals surface area contributed by atoms with Crippen LogP contribution in [0.25, 0.3) is 0 Å². The zero-order valence-electron chi connectivity index (χ0n) is 23.0. The number of rotatable bonds is 6. The Morgan fingerprint density at radius 2 is 1.93 bits per heavy atom. The molecule has 0 N–H and O–H groups in total. The second kappa shape index (κ2) is 10.2. The molecule has 2 aliphatic heterocycles. The smallest absolute Gasteiger partial charge is 0.320 e. The van der Waals surface area contributed by atoms with Crippen molar-refractivity contribution >= 4 is 11.6 Å². The van der Waals surface area contributed by atoms with Crippen LogP contribution in [0.3, 0.4) is 0 Å². The molecule has 1 aromatic heterocycles. The Kier molecular flexibility index (Phi) is 6.91. The molecule has 41 heavy (non-hydrogen) atoms. The third-order valence-corrected chi connectivity index (χ3v) is 9.01. The van der Waals surface area contributed by atoms with Crippen LogP contribution in [0.15, 0.2) is 42.7 Å². The van der Waals surface area contributed by atoms with Crippen molar-refractivity contribution in [3.05, 3.63) is 76.4 Å². The Labute approximate surface area is 235 Å². The molecular formula is C30H32F5N5O. The van der Waals surface area contributed by atoms with Gasteiger partial charge >= 0.3 is 6.18 Å². The second-order valence-electron chi connectivity index (χ2n) is 11.8. The zero-order valence-corrected chi connectivity index (χ0v) is 23.0. The fraction of sp³-hybridized carbons (Fsp3) is 0.500. The number of piperidine rings is 1. The lowest BCUT2D eigenvalue weighted by atomic mass is 9.72. The van der Waals surface area contributed by atoms with Gasteiger partial charge in [0.25, 0.3) is 11.8 Å². The van der Waals surface area contributed by atoms with Gasteiger partial charge in [0.2, 0.25) is 0 Å². The van der Waals surface area contributed by atoms with Crippen molar-refractivity contribution in [3.8, 4) is 0 Å². The lowest BCUT2D eigenvalue weighted by molar-refractivity contribution is -0.138. The molecule has 11 heteroatoms. The van der Waals surface area contributed by atoms with Gasteiger partial charge in [-0.2, -0.15) is 13.2 Å². The Balaban J connectivity index is 1.31. The standard InChI is InChI=1S/C30H32F5N5O/c1-18-14-39(10-9-29(18,31)32)15-19-11-23-24(25(12-19)30(33,34)35)16-40(28(23)41)22-8-4-7-21(13-22)26(20-5-3-6-20)27-37-36-17-38(27)2/h4,7-8,11-13,17-18,20,26H,3,5-6,9-10,14-16H2,1-2H3/t18?,26-/m1/s1. The Morgan fingerprint density at radius 1 is 1.15 bits per heavy atom. The highest BCUT2D eigenvalue weighted by Gasteiger charge is 2.43. The van der Waals surface area contributed by atoms with Crippen molar-refractivity contribution in [2.45, 2.75) is 63.7 Å². The van der Waals surface area contributed by atoms with Crippen molar-refractivity contribution in [1.29, 1.82) is 0 Å². The van der Waals surface area contributed by atoms with E-state index >= 15 is 0 Å². The molecule has 1 amide bonds. The number of fused-ring (bicyclic) bond motifs is 1. The molecule has 2 fully saturated rings. The van der Waals surface area contributed by atoms with Gasteiger partial charge in [-0.3, -0.25) is 9.69 Å². The Hall–Kier alpha value is -3.34. The largest absolute Gasteiger partial charge is 0.416 e. The molecule has 0 radical (unpaired) electrons. The highest BCUT2D eigenvalue weighted by atomic mass is 19.4. The fourth-order valence-electron chi connectivity index (χ4n) is 6.45. The first kappa shape index (κ1) is 27.8. The predicted molar refractivity (Wildman–Crippen MR) is 143 cm³/mol. The summed E-state index contributed by atoms with van der Waals surface area (Å²) < 4.78 is 72.6. The lowest BCUT2D eigenvalue weighted by Crippen LogP contribution is -2.45. The monoisotopic (exact) mass is 573 g/mol. The summed E-state index contributed by atoms with van der Waals surface area (Å²) >= 11 is 0. The SMILES string of the molecule is CC1CN(Cc2cc3c(c(C(F)(F)F)c2)CN(c2cccc([C@H](c4nncn4C)C4CCC4)c2)C3=O)CCC1(F)F. The molecule has 2 atom stereocenters. The van der Waals surface area contributed by atoms with Gasteiger partial charge < -0.3 is 9.47 Å². The summed E-state index contributed by atoms with van der Waals surface area (Å²) in [5, 5.41) is 8.38. The number of aryl methyl sites for hydroxylation is 1. The highest BCUT2D eigenvalue weighted by Crippen LogP contribution is 2.44. The first-order valence-electron chi connectivity index (χ1n) is 14.0. The zero-order chi connectivity index (χ0) is 29.1. The van der Waals surface area contributed by atoms with E-state index in [0.29, 0.717) is 17.2 Å². The predicted octanol–water partition coefficient (Wildman–Crippen LogP) is 6.40. The van der Waals surface area contributed by atoms with E-state index in [-0.39, 0.29) is 49.6 Å². The van der Waals surface area contributed by atoms with Crippen LogP contribution in [0, 0.1) is 11.8 Å². The van der Waals surface area contributed by atoms with E-state index < -0.39 is 29.5 Å². The van der Waals surface area contributed by atoms with E-state index in [2.05, 4.69) is 10.2 Å². The summed E-state index contributed by atoms with van der Waals surface area (Å²) in [5.41, 5.74) is 0.874. The molecule has 218 valence electrons. The molecule has 1 unspecified atom stereocenters. The summed E-state index contributed by atoms with van der Waals surface area (Å²) in [6.07, 6.45) is -0.148. The highest BCUT2D eigenvalue weighted by molar-refractivity contribution is 6.10. The molecular weight excluding hydrogens is 541 g/mol. The van der Waals surface area contributed by atoms with Gasteiger partial charge in [-0.05, 0) is 59.7 Å². The molecule has 3 aromatic rings. The Morgan fingerprint density at radius 3 is 2.56 bits per heavy atom. The molecule has 1 aliphatic carbocycles. The van der Waals surface area contributed by atoms with Gasteiger partial charge in [0.05, 0.1) is 12.1 Å². The van der Waals surface area contributed by atoms with Crippen LogP contribution in [-0.2, 0) is 26.3 Å². The molecule has 3 aliphatic rings. The summed E-state index contributed by atoms with van der Waals surface area (Å²) in [7, 11) is 1.89. The molecule has 0 bridgehead atoms. The van der Waals surface area contributed by atoms with Crippen LogP contribution in [0.1, 0.15) is 77.0 Å². The summed E-state index contributed by atoms with van der Waals surface area (Å²) in [6.45, 7) is 1.48. The number of likely N-dealkylation sites (tertiary alicyclic amines) is 1. The number of hydrogen-bond acceptors (Lipinski definition) is 4. The van der Waals surface area contributed by atoms with Crippen LogP contribution in [0.5, 0.6) is 0 Å². The van der Waals surface area contributed by atoms with Crippen molar-refractivity contribution < 1.29 is 26.7 Å². The minimum Gasteiger partial charge on any atom is -0.320 e. The second-order valence-corrected chi connectivity index (χ2v) is 11.8. The van der Waals surface area contributed by atoms with Crippen molar-refractivity contribution in [3.63, 3.8) is 0 Å². The van der Waals surface area contributed by atoms with E-state index in [9.17, 15) is 26.7 Å². The summed E-state index contributed by atoms with van der Waals surface area (Å²) in [5.74, 6) is -3.04. The quantitative estimate of drug-likeness (QED) is 0.320. The molecule has 2 aromatic carbocycles. The topological polar surface area (TPSA) is 54.3 Å². The first-order chi connectivity index (χ1) is 19.4. The summed E-state index contributed by atoms with van der Waals surface area (Å²) in [6, 6.07) is 9.99.